The molecule has 1 fully saturated rings. The van der Waals surface area contributed by atoms with E-state index in [1.54, 1.807) is 78.8 Å². The van der Waals surface area contributed by atoms with Crippen LogP contribution in [0.4, 0.5) is 4.79 Å². The second kappa shape index (κ2) is 17.9. The Labute approximate surface area is 340 Å². The van der Waals surface area contributed by atoms with E-state index < -0.39 is 94.8 Å². The maximum absolute atomic E-state index is 14.9. The fourth-order valence-corrected chi connectivity index (χ4v) is 8.60. The van der Waals surface area contributed by atoms with Crippen molar-refractivity contribution in [2.24, 2.45) is 17.3 Å². The summed E-state index contributed by atoms with van der Waals surface area (Å²) in [4.78, 5) is 68.8. The van der Waals surface area contributed by atoms with E-state index in [4.69, 9.17) is 33.2 Å². The van der Waals surface area contributed by atoms with Crippen molar-refractivity contribution in [1.82, 2.24) is 5.32 Å². The fourth-order valence-electron chi connectivity index (χ4n) is 8.60. The van der Waals surface area contributed by atoms with Crippen LogP contribution in [-0.4, -0.2) is 115 Å². The van der Waals surface area contributed by atoms with Gasteiger partial charge in [0.15, 0.2) is 17.5 Å². The van der Waals surface area contributed by atoms with E-state index in [9.17, 15) is 34.2 Å². The SMILES string of the molecule is COCC[C@H]1OC[C@@]1(OC(C)=O)C1/C(C)=C(/OC)C(=O)C2=C(C)[C@@H](OC(=O)[C@H](O)[C@H](CC(C)C)NC(=O)OC(C)(C)C)C[C@@](O)([C@H]1OC(=O)c1ccccc1)C2(C)C. The highest BCUT2D eigenvalue weighted by Crippen LogP contribution is 2.58. The van der Waals surface area contributed by atoms with E-state index in [1.165, 1.54) is 21.1 Å². The molecule has 8 atom stereocenters. The van der Waals surface area contributed by atoms with Crippen molar-refractivity contribution in [3.8, 4) is 0 Å². The minimum atomic E-state index is -2.25. The van der Waals surface area contributed by atoms with Crippen molar-refractivity contribution in [2.75, 3.05) is 27.4 Å². The first kappa shape index (κ1) is 46.4. The number of carbonyl (C=O) groups is 5. The molecule has 4 rings (SSSR count). The molecule has 1 heterocycles. The predicted octanol–water partition coefficient (Wildman–Crippen LogP) is 4.76. The van der Waals surface area contributed by atoms with Gasteiger partial charge in [-0.3, -0.25) is 9.59 Å². The average molecular weight is 816 g/mol. The number of Topliss-reactive ketones (excluding diaryl/α,β-unsaturated/α-hetero) is 1. The minimum Gasteiger partial charge on any atom is -0.493 e. The zero-order valence-corrected chi connectivity index (χ0v) is 35.8. The molecule has 3 N–H and O–H groups in total. The summed E-state index contributed by atoms with van der Waals surface area (Å²) in [5, 5.41) is 27.5. The quantitative estimate of drug-likeness (QED) is 0.171. The second-order valence-corrected chi connectivity index (χ2v) is 17.4. The largest absolute Gasteiger partial charge is 0.493 e. The number of nitrogens with one attached hydrogen (secondary N) is 1. The standard InChI is InChI=1S/C43H61NO14/c1-23(2)20-28(44-39(50)58-40(6,7)8)33(46)38(49)55-29-21-43(51)36(56-37(48)27-16-14-13-15-17-27)32(42(57-26(5)45)22-54-30(42)18-19-52-11)25(4)35(53-12)34(47)31(24(29)3)41(43,9)10/h13-17,23,28-30,32-33,36,46,51H,18-22H2,1-12H3,(H,44,50)/b35-25+/t28-,29-,30+,32?,33+,36-,42-,43+/m0/s1. The van der Waals surface area contributed by atoms with Crippen LogP contribution in [0.2, 0.25) is 0 Å². The Morgan fingerprint density at radius 2 is 1.66 bits per heavy atom. The highest BCUT2D eigenvalue weighted by atomic mass is 16.6. The van der Waals surface area contributed by atoms with E-state index in [1.807, 2.05) is 13.8 Å². The summed E-state index contributed by atoms with van der Waals surface area (Å²) in [7, 11) is 2.80. The van der Waals surface area contributed by atoms with E-state index in [-0.39, 0.29) is 60.0 Å². The normalized spacial score (nSPS) is 29.3. The molecule has 2 aliphatic carbocycles. The molecular weight excluding hydrogens is 754 g/mol. The first-order chi connectivity index (χ1) is 26.9. The van der Waals surface area contributed by atoms with Gasteiger partial charge in [0.25, 0.3) is 0 Å². The van der Waals surface area contributed by atoms with Crippen LogP contribution in [-0.2, 0) is 47.5 Å². The first-order valence-corrected chi connectivity index (χ1v) is 19.6. The lowest BCUT2D eigenvalue weighted by atomic mass is 9.53. The Hall–Kier alpha value is -4.31. The fraction of sp³-hybridized carbons (Fsp3) is 0.651. The van der Waals surface area contributed by atoms with Crippen molar-refractivity contribution in [3.05, 3.63) is 58.4 Å². The lowest BCUT2D eigenvalue weighted by molar-refractivity contribution is -0.295. The van der Waals surface area contributed by atoms with Gasteiger partial charge in [-0.05, 0) is 70.2 Å². The number of methoxy groups -OCH3 is 2. The number of amides is 1. The number of ketones is 1. The lowest BCUT2D eigenvalue weighted by Crippen LogP contribution is -2.73. The number of allylic oxidation sites excluding steroid dienone is 1. The molecule has 15 nitrogen and oxygen atoms in total. The number of hydrogen-bond acceptors (Lipinski definition) is 14. The topological polar surface area (TPSA) is 202 Å². The Morgan fingerprint density at radius 1 is 1.02 bits per heavy atom. The van der Waals surface area contributed by atoms with Gasteiger partial charge in [0.2, 0.25) is 5.78 Å². The van der Waals surface area contributed by atoms with Crippen LogP contribution in [0.1, 0.15) is 98.9 Å². The van der Waals surface area contributed by atoms with E-state index >= 15 is 0 Å². The Balaban J connectivity index is 1.94. The third-order valence-corrected chi connectivity index (χ3v) is 11.4. The third kappa shape index (κ3) is 9.27. The van der Waals surface area contributed by atoms with Crippen molar-refractivity contribution in [3.63, 3.8) is 0 Å². The number of hydrogen-bond donors (Lipinski definition) is 3. The van der Waals surface area contributed by atoms with Gasteiger partial charge in [-0.1, -0.05) is 45.9 Å². The molecule has 0 saturated carbocycles. The Bertz CT molecular complexity index is 1780. The van der Waals surface area contributed by atoms with Gasteiger partial charge in [0.05, 0.1) is 31.2 Å². The van der Waals surface area contributed by atoms with E-state index in [0.717, 1.165) is 0 Å². The monoisotopic (exact) mass is 815 g/mol. The van der Waals surface area contributed by atoms with Gasteiger partial charge < -0.3 is 48.7 Å². The van der Waals surface area contributed by atoms with Gasteiger partial charge in [-0.15, -0.1) is 0 Å². The van der Waals surface area contributed by atoms with Crippen LogP contribution in [0.5, 0.6) is 0 Å². The molecule has 1 saturated heterocycles. The molecule has 0 radical (unpaired) electrons. The minimum absolute atomic E-state index is 0.0249. The summed E-state index contributed by atoms with van der Waals surface area (Å²) >= 11 is 0. The average Bonchev–Trinajstić information content (AvgIpc) is 3.11. The van der Waals surface area contributed by atoms with Crippen LogP contribution in [0, 0.1) is 17.3 Å². The number of esters is 3. The third-order valence-electron chi connectivity index (χ3n) is 11.4. The maximum atomic E-state index is 14.9. The Morgan fingerprint density at radius 3 is 2.17 bits per heavy atom. The van der Waals surface area contributed by atoms with Gasteiger partial charge in [-0.25, -0.2) is 14.4 Å². The molecule has 0 aromatic heterocycles. The Kier molecular flexibility index (Phi) is 14.3. The van der Waals surface area contributed by atoms with Gasteiger partial charge in [0, 0.05) is 44.5 Å². The number of fused-ring (bicyclic) bond motifs is 2. The number of ether oxygens (including phenoxy) is 7. The first-order valence-electron chi connectivity index (χ1n) is 19.6. The molecule has 1 aromatic carbocycles. The van der Waals surface area contributed by atoms with Crippen LogP contribution >= 0.6 is 0 Å². The van der Waals surface area contributed by atoms with Crippen molar-refractivity contribution < 1.29 is 67.3 Å². The second-order valence-electron chi connectivity index (χ2n) is 17.4. The molecular formula is C43H61NO14. The number of alkyl carbamates (subject to hydrolysis) is 1. The van der Waals surface area contributed by atoms with Crippen LogP contribution in [0.25, 0.3) is 0 Å². The summed E-state index contributed by atoms with van der Waals surface area (Å²) in [6.45, 7) is 16.3. The summed E-state index contributed by atoms with van der Waals surface area (Å²) in [6.07, 6.45) is -6.61. The number of rotatable bonds is 14. The number of benzene rings is 1. The molecule has 1 amide bonds. The molecule has 1 aromatic rings. The maximum Gasteiger partial charge on any atom is 0.407 e. The van der Waals surface area contributed by atoms with Gasteiger partial charge in [-0.2, -0.15) is 0 Å². The van der Waals surface area contributed by atoms with Crippen molar-refractivity contribution in [2.45, 2.75) is 136 Å². The van der Waals surface area contributed by atoms with Crippen molar-refractivity contribution >= 4 is 29.8 Å². The highest BCUT2D eigenvalue weighted by Gasteiger charge is 2.70. The molecule has 1 unspecified atom stereocenters. The molecule has 58 heavy (non-hydrogen) atoms. The van der Waals surface area contributed by atoms with Crippen LogP contribution in [0.15, 0.2) is 52.8 Å². The number of carbonyl (C=O) groups excluding carboxylic acids is 5. The van der Waals surface area contributed by atoms with Crippen LogP contribution < -0.4 is 5.32 Å². The summed E-state index contributed by atoms with van der Waals surface area (Å²) < 4.78 is 41.1. The van der Waals surface area contributed by atoms with Gasteiger partial charge >= 0.3 is 24.0 Å². The zero-order valence-electron chi connectivity index (χ0n) is 35.8. The molecule has 2 bridgehead atoms. The molecule has 3 aliphatic rings. The molecule has 0 spiro atoms. The molecule has 15 heteroatoms. The lowest BCUT2D eigenvalue weighted by Gasteiger charge is -2.60. The van der Waals surface area contributed by atoms with E-state index in [2.05, 4.69) is 5.32 Å². The number of aliphatic hydroxyl groups excluding tert-OH is 1. The molecule has 1 aliphatic heterocycles. The predicted molar refractivity (Wildman–Crippen MR) is 209 cm³/mol. The summed E-state index contributed by atoms with van der Waals surface area (Å²) in [5.41, 5.74) is -5.61. The smallest absolute Gasteiger partial charge is 0.407 e. The number of aliphatic hydroxyl groups is 2. The molecule has 322 valence electrons. The van der Waals surface area contributed by atoms with Gasteiger partial charge in [0.1, 0.15) is 29.5 Å². The highest BCUT2D eigenvalue weighted by molar-refractivity contribution is 6.09. The zero-order chi connectivity index (χ0) is 43.5. The summed E-state index contributed by atoms with van der Waals surface area (Å²) in [5.74, 6) is -4.82. The summed E-state index contributed by atoms with van der Waals surface area (Å²) in [6, 6.07) is 6.97. The van der Waals surface area contributed by atoms with Crippen LogP contribution in [0.3, 0.4) is 0 Å². The van der Waals surface area contributed by atoms with Crippen molar-refractivity contribution in [1.29, 1.82) is 0 Å². The van der Waals surface area contributed by atoms with E-state index in [0.29, 0.717) is 0 Å².